The van der Waals surface area contributed by atoms with Crippen LogP contribution in [0.3, 0.4) is 0 Å². The molecule has 102 valence electrons. The molecule has 0 saturated carbocycles. The number of nitrogens with zero attached hydrogens (tertiary/aromatic N) is 2. The summed E-state index contributed by atoms with van der Waals surface area (Å²) < 4.78 is 0. The fourth-order valence-electron chi connectivity index (χ4n) is 2.74. The maximum absolute atomic E-state index is 3.77. The molecule has 1 saturated heterocycles. The standard InChI is InChI=1S/C14H31N3/c1-5-14(6-2)13-17(11-7-9-15-14)12-8-10-16(3)4/h15H,5-13H2,1-4H3. The van der Waals surface area contributed by atoms with Gasteiger partial charge in [-0.2, -0.15) is 0 Å². The van der Waals surface area contributed by atoms with Gasteiger partial charge >= 0.3 is 0 Å². The van der Waals surface area contributed by atoms with Crippen molar-refractivity contribution in [3.63, 3.8) is 0 Å². The van der Waals surface area contributed by atoms with Crippen LogP contribution < -0.4 is 5.32 Å². The summed E-state index contributed by atoms with van der Waals surface area (Å²) in [6.45, 7) is 10.8. The first kappa shape index (κ1) is 14.9. The van der Waals surface area contributed by atoms with Crippen molar-refractivity contribution in [2.45, 2.75) is 45.1 Å². The SMILES string of the molecule is CCC1(CC)CN(CCCN(C)C)CCCN1. The van der Waals surface area contributed by atoms with E-state index in [0.717, 1.165) is 0 Å². The van der Waals surface area contributed by atoms with Gasteiger partial charge in [-0.1, -0.05) is 13.8 Å². The predicted octanol–water partition coefficient (Wildman–Crippen LogP) is 1.79. The Labute approximate surface area is 108 Å². The lowest BCUT2D eigenvalue weighted by Crippen LogP contribution is -2.50. The molecule has 1 aliphatic rings. The molecule has 1 heterocycles. The average Bonchev–Trinajstić information content (AvgIpc) is 2.52. The summed E-state index contributed by atoms with van der Waals surface area (Å²) in [5.41, 5.74) is 0.370. The minimum atomic E-state index is 0.370. The molecule has 3 nitrogen and oxygen atoms in total. The van der Waals surface area contributed by atoms with Crippen molar-refractivity contribution < 1.29 is 0 Å². The van der Waals surface area contributed by atoms with E-state index in [4.69, 9.17) is 0 Å². The summed E-state index contributed by atoms with van der Waals surface area (Å²) in [4.78, 5) is 4.94. The molecule has 17 heavy (non-hydrogen) atoms. The van der Waals surface area contributed by atoms with Crippen molar-refractivity contribution in [3.8, 4) is 0 Å². The molecule has 3 heteroatoms. The fourth-order valence-corrected chi connectivity index (χ4v) is 2.74. The Morgan fingerprint density at radius 2 is 1.94 bits per heavy atom. The van der Waals surface area contributed by atoms with Crippen LogP contribution >= 0.6 is 0 Å². The van der Waals surface area contributed by atoms with E-state index in [1.165, 1.54) is 58.4 Å². The van der Waals surface area contributed by atoms with Gasteiger partial charge in [0.05, 0.1) is 0 Å². The molecule has 0 aromatic rings. The largest absolute Gasteiger partial charge is 0.310 e. The van der Waals surface area contributed by atoms with E-state index >= 15 is 0 Å². The van der Waals surface area contributed by atoms with Crippen LogP contribution in [0.25, 0.3) is 0 Å². The lowest BCUT2D eigenvalue weighted by atomic mass is 9.92. The van der Waals surface area contributed by atoms with E-state index in [0.29, 0.717) is 5.54 Å². The van der Waals surface area contributed by atoms with Crippen molar-refractivity contribution in [3.05, 3.63) is 0 Å². The minimum Gasteiger partial charge on any atom is -0.310 e. The molecule has 1 rings (SSSR count). The topological polar surface area (TPSA) is 18.5 Å². The third kappa shape index (κ3) is 4.94. The predicted molar refractivity (Wildman–Crippen MR) is 75.5 cm³/mol. The van der Waals surface area contributed by atoms with Crippen molar-refractivity contribution in [1.82, 2.24) is 15.1 Å². The van der Waals surface area contributed by atoms with Gasteiger partial charge in [-0.05, 0) is 66.0 Å². The maximum Gasteiger partial charge on any atom is 0.0303 e. The Balaban J connectivity index is 2.42. The molecular weight excluding hydrogens is 210 g/mol. The molecule has 1 aliphatic heterocycles. The first-order valence-corrected chi connectivity index (χ1v) is 7.24. The van der Waals surface area contributed by atoms with Gasteiger partial charge in [-0.15, -0.1) is 0 Å². The first-order valence-electron chi connectivity index (χ1n) is 7.24. The number of hydrogen-bond donors (Lipinski definition) is 1. The lowest BCUT2D eigenvalue weighted by Gasteiger charge is -2.35. The molecular formula is C14H31N3. The van der Waals surface area contributed by atoms with E-state index in [1.54, 1.807) is 0 Å². The highest BCUT2D eigenvalue weighted by Gasteiger charge is 2.29. The number of nitrogens with one attached hydrogen (secondary N) is 1. The summed E-state index contributed by atoms with van der Waals surface area (Å²) in [5.74, 6) is 0. The number of hydrogen-bond acceptors (Lipinski definition) is 3. The van der Waals surface area contributed by atoms with Crippen molar-refractivity contribution in [2.75, 3.05) is 46.8 Å². The van der Waals surface area contributed by atoms with Crippen LogP contribution in [0.15, 0.2) is 0 Å². The quantitative estimate of drug-likeness (QED) is 0.765. The van der Waals surface area contributed by atoms with Crippen LogP contribution in [0, 0.1) is 0 Å². The van der Waals surface area contributed by atoms with Crippen LogP contribution in [0.5, 0.6) is 0 Å². The van der Waals surface area contributed by atoms with Crippen LogP contribution in [-0.4, -0.2) is 62.2 Å². The van der Waals surface area contributed by atoms with Gasteiger partial charge in [0.1, 0.15) is 0 Å². The molecule has 0 spiro atoms. The first-order chi connectivity index (χ1) is 8.12. The Bertz CT molecular complexity index is 200. The Morgan fingerprint density at radius 1 is 1.24 bits per heavy atom. The highest BCUT2D eigenvalue weighted by atomic mass is 15.2. The zero-order chi connectivity index (χ0) is 12.7. The van der Waals surface area contributed by atoms with E-state index in [1.807, 2.05) is 0 Å². The van der Waals surface area contributed by atoms with E-state index < -0.39 is 0 Å². The van der Waals surface area contributed by atoms with E-state index in [9.17, 15) is 0 Å². The van der Waals surface area contributed by atoms with Crippen LogP contribution in [0.1, 0.15) is 39.5 Å². The number of rotatable bonds is 6. The second-order valence-corrected chi connectivity index (χ2v) is 5.70. The van der Waals surface area contributed by atoms with E-state index in [-0.39, 0.29) is 0 Å². The van der Waals surface area contributed by atoms with Gasteiger partial charge in [0, 0.05) is 12.1 Å². The van der Waals surface area contributed by atoms with Crippen LogP contribution in [-0.2, 0) is 0 Å². The monoisotopic (exact) mass is 241 g/mol. The Hall–Kier alpha value is -0.120. The normalized spacial score (nSPS) is 21.7. The molecule has 0 aromatic heterocycles. The van der Waals surface area contributed by atoms with Crippen molar-refractivity contribution >= 4 is 0 Å². The fraction of sp³-hybridized carbons (Fsp3) is 1.00. The zero-order valence-electron chi connectivity index (χ0n) is 12.3. The third-order valence-corrected chi connectivity index (χ3v) is 4.11. The summed E-state index contributed by atoms with van der Waals surface area (Å²) in [6, 6.07) is 0. The van der Waals surface area contributed by atoms with Gasteiger partial charge in [0.15, 0.2) is 0 Å². The van der Waals surface area contributed by atoms with Gasteiger partial charge in [-0.25, -0.2) is 0 Å². The molecule has 1 fully saturated rings. The molecule has 0 atom stereocenters. The second-order valence-electron chi connectivity index (χ2n) is 5.70. The van der Waals surface area contributed by atoms with Gasteiger partial charge in [0.2, 0.25) is 0 Å². The molecule has 0 radical (unpaired) electrons. The summed E-state index contributed by atoms with van der Waals surface area (Å²) in [7, 11) is 4.32. The summed E-state index contributed by atoms with van der Waals surface area (Å²) in [6.07, 6.45) is 5.07. The molecule has 0 aromatic carbocycles. The molecule has 0 bridgehead atoms. The van der Waals surface area contributed by atoms with Crippen molar-refractivity contribution in [2.24, 2.45) is 0 Å². The van der Waals surface area contributed by atoms with E-state index in [2.05, 4.69) is 43.1 Å². The third-order valence-electron chi connectivity index (χ3n) is 4.11. The van der Waals surface area contributed by atoms with Gasteiger partial charge in [-0.3, -0.25) is 0 Å². The molecule has 0 aliphatic carbocycles. The molecule has 1 N–H and O–H groups in total. The maximum atomic E-state index is 3.77. The zero-order valence-corrected chi connectivity index (χ0v) is 12.3. The average molecular weight is 241 g/mol. The molecule has 0 unspecified atom stereocenters. The van der Waals surface area contributed by atoms with Gasteiger partial charge < -0.3 is 15.1 Å². The highest BCUT2D eigenvalue weighted by Crippen LogP contribution is 2.19. The summed E-state index contributed by atoms with van der Waals surface area (Å²) >= 11 is 0. The smallest absolute Gasteiger partial charge is 0.0303 e. The van der Waals surface area contributed by atoms with Crippen LogP contribution in [0.4, 0.5) is 0 Å². The van der Waals surface area contributed by atoms with Crippen LogP contribution in [0.2, 0.25) is 0 Å². The Kier molecular flexibility index (Phi) is 6.45. The Morgan fingerprint density at radius 3 is 2.53 bits per heavy atom. The lowest BCUT2D eigenvalue weighted by molar-refractivity contribution is 0.190. The highest BCUT2D eigenvalue weighted by molar-refractivity contribution is 4.91. The minimum absolute atomic E-state index is 0.370. The second kappa shape index (κ2) is 7.34. The van der Waals surface area contributed by atoms with Gasteiger partial charge in [0.25, 0.3) is 0 Å². The van der Waals surface area contributed by atoms with Crippen molar-refractivity contribution in [1.29, 1.82) is 0 Å². The molecule has 0 amide bonds. The summed E-state index contributed by atoms with van der Waals surface area (Å²) in [5, 5.41) is 3.77.